The van der Waals surface area contributed by atoms with Gasteiger partial charge in [-0.25, -0.2) is 4.98 Å². The summed E-state index contributed by atoms with van der Waals surface area (Å²) in [5.74, 6) is 0.101. The Morgan fingerprint density at radius 3 is 2.88 bits per heavy atom. The topological polar surface area (TPSA) is 77.7 Å². The first kappa shape index (κ1) is 15.6. The van der Waals surface area contributed by atoms with Gasteiger partial charge in [-0.1, -0.05) is 6.92 Å². The summed E-state index contributed by atoms with van der Waals surface area (Å²) in [6, 6.07) is 6.31. The summed E-state index contributed by atoms with van der Waals surface area (Å²) in [6.45, 7) is 5.17. The Hall–Kier alpha value is -2.63. The van der Waals surface area contributed by atoms with Crippen molar-refractivity contribution < 1.29 is 4.79 Å². The van der Waals surface area contributed by atoms with Crippen molar-refractivity contribution in [1.29, 1.82) is 0 Å². The average molecular weight is 349 g/mol. The molecule has 134 valence electrons. The summed E-state index contributed by atoms with van der Waals surface area (Å²) in [7, 11) is 0. The van der Waals surface area contributed by atoms with Crippen molar-refractivity contribution in [3.05, 3.63) is 35.8 Å². The molecular formula is C20H23N5O. The van der Waals surface area contributed by atoms with Gasteiger partial charge < -0.3 is 9.88 Å². The van der Waals surface area contributed by atoms with E-state index in [9.17, 15) is 4.79 Å². The summed E-state index contributed by atoms with van der Waals surface area (Å²) < 4.78 is 0. The molecule has 4 heterocycles. The maximum atomic E-state index is 12.9. The van der Waals surface area contributed by atoms with E-state index in [0.29, 0.717) is 17.2 Å². The van der Waals surface area contributed by atoms with Crippen LogP contribution in [0.3, 0.4) is 0 Å². The lowest BCUT2D eigenvalue weighted by Crippen LogP contribution is -2.52. The molecule has 2 N–H and O–H groups in total. The third-order valence-electron chi connectivity index (χ3n) is 6.05. The highest BCUT2D eigenvalue weighted by atomic mass is 16.2. The number of aromatic nitrogens is 4. The zero-order valence-corrected chi connectivity index (χ0v) is 15.2. The van der Waals surface area contributed by atoms with E-state index in [-0.39, 0.29) is 5.91 Å². The average Bonchev–Trinajstić information content (AvgIpc) is 3.00. The molecule has 1 atom stereocenters. The van der Waals surface area contributed by atoms with Crippen molar-refractivity contribution in [2.45, 2.75) is 45.6 Å². The zero-order chi connectivity index (χ0) is 17.9. The van der Waals surface area contributed by atoms with E-state index in [0.717, 1.165) is 47.4 Å². The maximum absolute atomic E-state index is 12.9. The lowest BCUT2D eigenvalue weighted by molar-refractivity contribution is 0.0394. The van der Waals surface area contributed by atoms with Crippen molar-refractivity contribution in [3.8, 4) is 11.3 Å². The van der Waals surface area contributed by atoms with E-state index in [1.165, 1.54) is 12.8 Å². The molecule has 1 aliphatic heterocycles. The van der Waals surface area contributed by atoms with Crippen LogP contribution in [0.4, 0.5) is 0 Å². The SMILES string of the molecule is Cc1[nH]ncc1-c1ccc2cc(C(=O)N3CC[C@@H]3CC3(C)CC3)[nH]c2n1. The molecule has 6 heteroatoms. The Balaban J connectivity index is 1.41. The smallest absolute Gasteiger partial charge is 0.270 e. The molecule has 2 aliphatic rings. The van der Waals surface area contributed by atoms with Gasteiger partial charge in [0.2, 0.25) is 0 Å². The molecule has 1 amide bonds. The van der Waals surface area contributed by atoms with Crippen LogP contribution in [0.2, 0.25) is 0 Å². The third-order valence-corrected chi connectivity index (χ3v) is 6.05. The Morgan fingerprint density at radius 2 is 2.23 bits per heavy atom. The predicted octanol–water partition coefficient (Wildman–Crippen LogP) is 3.67. The summed E-state index contributed by atoms with van der Waals surface area (Å²) >= 11 is 0. The number of amides is 1. The lowest BCUT2D eigenvalue weighted by Gasteiger charge is -2.42. The highest BCUT2D eigenvalue weighted by Gasteiger charge is 2.44. The normalized spacial score (nSPS) is 21.0. The summed E-state index contributed by atoms with van der Waals surface area (Å²) in [5, 5.41) is 7.96. The van der Waals surface area contributed by atoms with E-state index in [1.54, 1.807) is 6.20 Å². The number of carbonyl (C=O) groups excluding carboxylic acids is 1. The number of likely N-dealkylation sites (tertiary alicyclic amines) is 1. The first-order valence-corrected chi connectivity index (χ1v) is 9.34. The molecule has 3 aromatic rings. The van der Waals surface area contributed by atoms with Crippen LogP contribution in [-0.2, 0) is 0 Å². The number of aromatic amines is 2. The maximum Gasteiger partial charge on any atom is 0.270 e. The van der Waals surface area contributed by atoms with E-state index < -0.39 is 0 Å². The van der Waals surface area contributed by atoms with Gasteiger partial charge in [-0.05, 0) is 56.2 Å². The second kappa shape index (κ2) is 5.43. The molecule has 2 fully saturated rings. The first-order valence-electron chi connectivity index (χ1n) is 9.34. The first-order chi connectivity index (χ1) is 12.5. The van der Waals surface area contributed by atoms with Gasteiger partial charge in [0.05, 0.1) is 11.9 Å². The van der Waals surface area contributed by atoms with Gasteiger partial charge in [0.1, 0.15) is 11.3 Å². The number of aryl methyl sites for hydroxylation is 1. The Bertz CT molecular complexity index is 997. The van der Waals surface area contributed by atoms with E-state index in [2.05, 4.69) is 27.1 Å². The lowest BCUT2D eigenvalue weighted by atomic mass is 9.90. The molecule has 26 heavy (non-hydrogen) atoms. The fraction of sp³-hybridized carbons (Fsp3) is 0.450. The molecular weight excluding hydrogens is 326 g/mol. The molecule has 5 rings (SSSR count). The Morgan fingerprint density at radius 1 is 1.38 bits per heavy atom. The highest BCUT2D eigenvalue weighted by molar-refractivity contribution is 5.98. The third kappa shape index (κ3) is 2.52. The minimum atomic E-state index is 0.101. The molecule has 0 unspecified atom stereocenters. The zero-order valence-electron chi connectivity index (χ0n) is 15.2. The largest absolute Gasteiger partial charge is 0.335 e. The molecule has 0 bridgehead atoms. The van der Waals surface area contributed by atoms with Gasteiger partial charge in [-0.3, -0.25) is 9.89 Å². The van der Waals surface area contributed by atoms with Crippen molar-refractivity contribution in [2.75, 3.05) is 6.54 Å². The van der Waals surface area contributed by atoms with Gasteiger partial charge in [0.15, 0.2) is 0 Å². The van der Waals surface area contributed by atoms with Crippen LogP contribution in [0.25, 0.3) is 22.3 Å². The number of nitrogens with zero attached hydrogens (tertiary/aromatic N) is 3. The van der Waals surface area contributed by atoms with Crippen molar-refractivity contribution in [1.82, 2.24) is 25.1 Å². The number of hydrogen-bond acceptors (Lipinski definition) is 3. The number of H-pyrrole nitrogens is 2. The molecule has 3 aromatic heterocycles. The minimum Gasteiger partial charge on any atom is -0.335 e. The van der Waals surface area contributed by atoms with E-state index in [4.69, 9.17) is 0 Å². The number of rotatable bonds is 4. The van der Waals surface area contributed by atoms with Gasteiger partial charge >= 0.3 is 0 Å². The van der Waals surface area contributed by atoms with Crippen LogP contribution < -0.4 is 0 Å². The highest BCUT2D eigenvalue weighted by Crippen LogP contribution is 2.51. The monoisotopic (exact) mass is 349 g/mol. The fourth-order valence-electron chi connectivity index (χ4n) is 3.94. The molecule has 1 aliphatic carbocycles. The number of nitrogens with one attached hydrogen (secondary N) is 2. The second-order valence-electron chi connectivity index (χ2n) is 8.18. The second-order valence-corrected chi connectivity index (χ2v) is 8.18. The summed E-state index contributed by atoms with van der Waals surface area (Å²) in [4.78, 5) is 22.9. The van der Waals surface area contributed by atoms with Gasteiger partial charge in [0.25, 0.3) is 5.91 Å². The number of fused-ring (bicyclic) bond motifs is 1. The minimum absolute atomic E-state index is 0.101. The molecule has 0 radical (unpaired) electrons. The van der Waals surface area contributed by atoms with Crippen molar-refractivity contribution >= 4 is 16.9 Å². The van der Waals surface area contributed by atoms with Crippen molar-refractivity contribution in [2.24, 2.45) is 5.41 Å². The quantitative estimate of drug-likeness (QED) is 0.754. The standard InChI is InChI=1S/C20H23N5O/c1-12-15(11-21-24-12)16-4-3-13-9-17(23-18(13)22-16)19(26)25-8-5-14(25)10-20(2)6-7-20/h3-4,9,11,14H,5-8,10H2,1-2H3,(H,21,24)(H,22,23)/t14-/m1/s1. The van der Waals surface area contributed by atoms with Crippen molar-refractivity contribution in [3.63, 3.8) is 0 Å². The van der Waals surface area contributed by atoms with Crippen LogP contribution in [0, 0.1) is 12.3 Å². The molecule has 1 saturated heterocycles. The number of carbonyl (C=O) groups is 1. The van der Waals surface area contributed by atoms with Crippen LogP contribution in [0.15, 0.2) is 24.4 Å². The Labute approximate surface area is 152 Å². The number of hydrogen-bond donors (Lipinski definition) is 2. The summed E-state index contributed by atoms with van der Waals surface area (Å²) in [6.07, 6.45) is 6.66. The molecule has 0 aromatic carbocycles. The van der Waals surface area contributed by atoms with Crippen LogP contribution in [0.1, 0.15) is 48.8 Å². The Kier molecular flexibility index (Phi) is 3.26. The molecule has 1 saturated carbocycles. The molecule has 6 nitrogen and oxygen atoms in total. The molecule has 0 spiro atoms. The summed E-state index contributed by atoms with van der Waals surface area (Å²) in [5.41, 5.74) is 4.68. The van der Waals surface area contributed by atoms with Crippen LogP contribution in [-0.4, -0.2) is 43.6 Å². The number of pyridine rings is 1. The van der Waals surface area contributed by atoms with Gasteiger partial charge in [-0.15, -0.1) is 0 Å². The van der Waals surface area contributed by atoms with E-state index in [1.807, 2.05) is 30.0 Å². The van der Waals surface area contributed by atoms with Crippen LogP contribution in [0.5, 0.6) is 0 Å². The van der Waals surface area contributed by atoms with Crippen LogP contribution >= 0.6 is 0 Å². The predicted molar refractivity (Wildman–Crippen MR) is 99.8 cm³/mol. The van der Waals surface area contributed by atoms with Gasteiger partial charge in [-0.2, -0.15) is 5.10 Å². The van der Waals surface area contributed by atoms with E-state index >= 15 is 0 Å². The van der Waals surface area contributed by atoms with Gasteiger partial charge in [0, 0.05) is 29.2 Å². The fourth-order valence-corrected chi connectivity index (χ4v) is 3.94.